The third-order valence-electron chi connectivity index (χ3n) is 2.57. The summed E-state index contributed by atoms with van der Waals surface area (Å²) in [7, 11) is 2.36. The first-order valence-corrected chi connectivity index (χ1v) is 5.17. The van der Waals surface area contributed by atoms with Crippen LogP contribution in [-0.4, -0.2) is 51.1 Å². The maximum absolute atomic E-state index is 11.8. The fraction of sp³-hybridized carbons (Fsp3) is 0.636. The largest absolute Gasteiger partial charge is 0.466 e. The van der Waals surface area contributed by atoms with Gasteiger partial charge in [-0.2, -0.15) is 0 Å². The summed E-state index contributed by atoms with van der Waals surface area (Å²) in [4.78, 5) is 23.6. The van der Waals surface area contributed by atoms with Gasteiger partial charge >= 0.3 is 11.9 Å². The zero-order valence-corrected chi connectivity index (χ0v) is 10.1. The molecule has 0 saturated carbocycles. The molecule has 0 amide bonds. The van der Waals surface area contributed by atoms with Gasteiger partial charge in [0.1, 0.15) is 6.10 Å². The number of rotatable bonds is 2. The number of hydrogen-bond acceptors (Lipinski definition) is 6. The fourth-order valence-corrected chi connectivity index (χ4v) is 1.59. The van der Waals surface area contributed by atoms with Crippen LogP contribution in [0.1, 0.15) is 6.92 Å². The summed E-state index contributed by atoms with van der Waals surface area (Å²) in [6, 6.07) is 0. The van der Waals surface area contributed by atoms with Gasteiger partial charge in [-0.25, -0.2) is 9.59 Å². The fourth-order valence-electron chi connectivity index (χ4n) is 1.59. The summed E-state index contributed by atoms with van der Waals surface area (Å²) in [5.74, 6) is -1.65. The highest BCUT2D eigenvalue weighted by molar-refractivity contribution is 6.04. The maximum atomic E-state index is 11.8. The number of carbonyl (C=O) groups is 2. The van der Waals surface area contributed by atoms with Crippen LogP contribution in [0.25, 0.3) is 0 Å². The molecule has 17 heavy (non-hydrogen) atoms. The Hall–Kier alpha value is -1.40. The van der Waals surface area contributed by atoms with Gasteiger partial charge in [-0.15, -0.1) is 0 Å². The van der Waals surface area contributed by atoms with Gasteiger partial charge in [-0.1, -0.05) is 12.2 Å². The summed E-state index contributed by atoms with van der Waals surface area (Å²) >= 11 is 0. The second-order valence-corrected chi connectivity index (χ2v) is 3.48. The molecule has 0 bridgehead atoms. The van der Waals surface area contributed by atoms with Gasteiger partial charge in [-0.3, -0.25) is 0 Å². The summed E-state index contributed by atoms with van der Waals surface area (Å²) in [5, 5.41) is 0. The predicted molar refractivity (Wildman–Crippen MR) is 57.3 cm³/mol. The zero-order chi connectivity index (χ0) is 12.9. The van der Waals surface area contributed by atoms with Crippen LogP contribution in [0.2, 0.25) is 0 Å². The van der Waals surface area contributed by atoms with E-state index in [1.165, 1.54) is 14.2 Å². The molecule has 96 valence electrons. The van der Waals surface area contributed by atoms with Gasteiger partial charge in [0, 0.05) is 0 Å². The molecule has 0 aliphatic carbocycles. The lowest BCUT2D eigenvalue weighted by atomic mass is 9.97. The first-order valence-electron chi connectivity index (χ1n) is 5.17. The minimum absolute atomic E-state index is 0.109. The molecule has 0 aromatic rings. The second-order valence-electron chi connectivity index (χ2n) is 3.48. The second kappa shape index (κ2) is 5.79. The van der Waals surface area contributed by atoms with E-state index in [1.54, 1.807) is 19.1 Å². The molecule has 0 unspecified atom stereocenters. The Morgan fingerprint density at radius 3 is 2.24 bits per heavy atom. The molecule has 0 spiro atoms. The molecular weight excluding hydrogens is 228 g/mol. The average Bonchev–Trinajstić information content (AvgIpc) is 2.33. The third-order valence-corrected chi connectivity index (χ3v) is 2.57. The highest BCUT2D eigenvalue weighted by atomic mass is 16.6. The van der Waals surface area contributed by atoms with Crippen LogP contribution < -0.4 is 0 Å². The minimum Gasteiger partial charge on any atom is -0.466 e. The van der Waals surface area contributed by atoms with Crippen LogP contribution in [0.15, 0.2) is 12.2 Å². The van der Waals surface area contributed by atoms with Crippen LogP contribution in [0, 0.1) is 0 Å². The van der Waals surface area contributed by atoms with Crippen LogP contribution in [0.4, 0.5) is 0 Å². The number of esters is 2. The summed E-state index contributed by atoms with van der Waals surface area (Å²) in [6.07, 6.45) is 2.61. The van der Waals surface area contributed by atoms with Crippen molar-refractivity contribution in [1.82, 2.24) is 0 Å². The van der Waals surface area contributed by atoms with E-state index in [0.717, 1.165) is 0 Å². The lowest BCUT2D eigenvalue weighted by Crippen LogP contribution is -2.59. The SMILES string of the molecule is COC(=O)C1(C(=O)OC)OC/C=C\CO[C@H]1C. The Morgan fingerprint density at radius 1 is 1.18 bits per heavy atom. The Kier molecular flexibility index (Phi) is 4.65. The van der Waals surface area contributed by atoms with Crippen molar-refractivity contribution >= 4 is 11.9 Å². The van der Waals surface area contributed by atoms with Crippen LogP contribution in [0.5, 0.6) is 0 Å². The molecule has 0 aromatic heterocycles. The molecule has 6 nitrogen and oxygen atoms in total. The van der Waals surface area contributed by atoms with Gasteiger partial charge in [0.15, 0.2) is 0 Å². The van der Waals surface area contributed by atoms with Crippen molar-refractivity contribution in [1.29, 1.82) is 0 Å². The Balaban J connectivity index is 3.12. The molecule has 1 rings (SSSR count). The van der Waals surface area contributed by atoms with E-state index in [4.69, 9.17) is 9.47 Å². The first kappa shape index (κ1) is 13.7. The standard InChI is InChI=1S/C11H16O6/c1-8-11(9(12)14-2,10(13)15-3)17-7-5-4-6-16-8/h4-5,8H,6-7H2,1-3H3/b5-4-/t8-/m0/s1. The highest BCUT2D eigenvalue weighted by Crippen LogP contribution is 2.24. The Morgan fingerprint density at radius 2 is 1.71 bits per heavy atom. The van der Waals surface area contributed by atoms with Crippen molar-refractivity contribution in [3.05, 3.63) is 12.2 Å². The molecule has 0 saturated heterocycles. The highest BCUT2D eigenvalue weighted by Gasteiger charge is 2.55. The summed E-state index contributed by atoms with van der Waals surface area (Å²) in [5.41, 5.74) is -1.87. The van der Waals surface area contributed by atoms with Crippen molar-refractivity contribution in [3.63, 3.8) is 0 Å². The van der Waals surface area contributed by atoms with E-state index in [-0.39, 0.29) is 6.61 Å². The van der Waals surface area contributed by atoms with Crippen molar-refractivity contribution in [2.45, 2.75) is 18.6 Å². The summed E-state index contributed by atoms with van der Waals surface area (Å²) in [6.45, 7) is 1.96. The van der Waals surface area contributed by atoms with Gasteiger partial charge in [0.05, 0.1) is 27.4 Å². The minimum atomic E-state index is -1.87. The van der Waals surface area contributed by atoms with Crippen LogP contribution >= 0.6 is 0 Å². The molecule has 1 heterocycles. The molecule has 0 N–H and O–H groups in total. The zero-order valence-electron chi connectivity index (χ0n) is 10.1. The topological polar surface area (TPSA) is 71.1 Å². The van der Waals surface area contributed by atoms with E-state index in [9.17, 15) is 9.59 Å². The van der Waals surface area contributed by atoms with Gasteiger partial charge in [-0.05, 0) is 6.92 Å². The monoisotopic (exact) mass is 244 g/mol. The lowest BCUT2D eigenvalue weighted by Gasteiger charge is -2.33. The van der Waals surface area contributed by atoms with E-state index in [2.05, 4.69) is 9.47 Å². The van der Waals surface area contributed by atoms with E-state index in [1.807, 2.05) is 0 Å². The van der Waals surface area contributed by atoms with Crippen LogP contribution in [-0.2, 0) is 28.5 Å². The molecular formula is C11H16O6. The van der Waals surface area contributed by atoms with Gasteiger partial charge < -0.3 is 18.9 Å². The van der Waals surface area contributed by atoms with E-state index in [0.29, 0.717) is 6.61 Å². The number of hydrogen-bond donors (Lipinski definition) is 0. The Bertz CT molecular complexity index is 306. The summed E-state index contributed by atoms with van der Waals surface area (Å²) < 4.78 is 19.9. The normalized spacial score (nSPS) is 25.2. The van der Waals surface area contributed by atoms with Gasteiger partial charge in [0.25, 0.3) is 5.60 Å². The van der Waals surface area contributed by atoms with Crippen molar-refractivity contribution in [3.8, 4) is 0 Å². The van der Waals surface area contributed by atoms with E-state index >= 15 is 0 Å². The van der Waals surface area contributed by atoms with Gasteiger partial charge in [0.2, 0.25) is 0 Å². The van der Waals surface area contributed by atoms with Crippen molar-refractivity contribution < 1.29 is 28.5 Å². The molecule has 0 aromatic carbocycles. The maximum Gasteiger partial charge on any atom is 0.352 e. The average molecular weight is 244 g/mol. The van der Waals surface area contributed by atoms with Crippen molar-refractivity contribution in [2.75, 3.05) is 27.4 Å². The molecule has 0 radical (unpaired) electrons. The quantitative estimate of drug-likeness (QED) is 0.388. The third kappa shape index (κ3) is 2.48. The smallest absolute Gasteiger partial charge is 0.352 e. The van der Waals surface area contributed by atoms with Crippen molar-refractivity contribution in [2.24, 2.45) is 0 Å². The van der Waals surface area contributed by atoms with Crippen LogP contribution in [0.3, 0.4) is 0 Å². The lowest BCUT2D eigenvalue weighted by molar-refractivity contribution is -0.204. The molecule has 6 heteroatoms. The number of carbonyl (C=O) groups excluding carboxylic acids is 2. The first-order chi connectivity index (χ1) is 8.09. The number of methoxy groups -OCH3 is 2. The van der Waals surface area contributed by atoms with E-state index < -0.39 is 23.6 Å². The molecule has 1 aliphatic heterocycles. The molecule has 1 atom stereocenters. The number of ether oxygens (including phenoxy) is 4. The molecule has 1 aliphatic rings. The Labute approximate surface area is 99.5 Å². The molecule has 0 fully saturated rings. The predicted octanol–water partition coefficient (Wildman–Crippen LogP) is 0.0627.